The fourth-order valence-corrected chi connectivity index (χ4v) is 2.96. The van der Waals surface area contributed by atoms with Crippen LogP contribution in [0.2, 0.25) is 0 Å². The first-order chi connectivity index (χ1) is 10.1. The standard InChI is InChI=1S/C14H11N3O3S/c1-7-8(2)21-13-11(7)12(16-6-17-13)20-10-5-15-4-3-9(10)14(18)19/h3-6H,1-2H3,(H,18,19). The van der Waals surface area contributed by atoms with Crippen molar-refractivity contribution in [2.75, 3.05) is 0 Å². The third kappa shape index (κ3) is 2.31. The normalized spacial score (nSPS) is 10.8. The van der Waals surface area contributed by atoms with Crippen LogP contribution < -0.4 is 4.74 Å². The van der Waals surface area contributed by atoms with Crippen LogP contribution in [0.4, 0.5) is 0 Å². The molecule has 0 fully saturated rings. The smallest absolute Gasteiger partial charge is 0.339 e. The molecule has 1 N–H and O–H groups in total. The van der Waals surface area contributed by atoms with Crippen molar-refractivity contribution in [3.05, 3.63) is 40.8 Å². The minimum atomic E-state index is -1.07. The SMILES string of the molecule is Cc1sc2ncnc(Oc3cnccc3C(=O)O)c2c1C. The van der Waals surface area contributed by atoms with Crippen LogP contribution in [0.5, 0.6) is 11.6 Å². The average molecular weight is 301 g/mol. The van der Waals surface area contributed by atoms with E-state index >= 15 is 0 Å². The Morgan fingerprint density at radius 3 is 2.90 bits per heavy atom. The number of hydrogen-bond donors (Lipinski definition) is 1. The van der Waals surface area contributed by atoms with Gasteiger partial charge in [0, 0.05) is 11.1 Å². The number of nitrogens with zero attached hydrogens (tertiary/aromatic N) is 3. The first-order valence-electron chi connectivity index (χ1n) is 6.13. The maximum atomic E-state index is 11.2. The summed E-state index contributed by atoms with van der Waals surface area (Å²) in [6.45, 7) is 3.96. The van der Waals surface area contributed by atoms with Crippen molar-refractivity contribution in [2.24, 2.45) is 0 Å². The van der Waals surface area contributed by atoms with Crippen molar-refractivity contribution in [1.82, 2.24) is 15.0 Å². The van der Waals surface area contributed by atoms with Crippen molar-refractivity contribution >= 4 is 27.5 Å². The van der Waals surface area contributed by atoms with E-state index in [4.69, 9.17) is 4.74 Å². The highest BCUT2D eigenvalue weighted by Gasteiger charge is 2.17. The molecule has 0 saturated heterocycles. The van der Waals surface area contributed by atoms with E-state index in [1.54, 1.807) is 11.3 Å². The van der Waals surface area contributed by atoms with E-state index in [-0.39, 0.29) is 11.3 Å². The summed E-state index contributed by atoms with van der Waals surface area (Å²) in [6.07, 6.45) is 4.18. The third-order valence-corrected chi connectivity index (χ3v) is 4.27. The summed E-state index contributed by atoms with van der Waals surface area (Å²) in [7, 11) is 0. The van der Waals surface area contributed by atoms with Gasteiger partial charge in [-0.15, -0.1) is 11.3 Å². The van der Waals surface area contributed by atoms with Gasteiger partial charge in [-0.1, -0.05) is 0 Å². The van der Waals surface area contributed by atoms with Crippen molar-refractivity contribution in [3.63, 3.8) is 0 Å². The number of pyridine rings is 1. The van der Waals surface area contributed by atoms with E-state index in [1.807, 2.05) is 13.8 Å². The second kappa shape index (κ2) is 5.10. The van der Waals surface area contributed by atoms with Gasteiger partial charge in [0.15, 0.2) is 5.75 Å². The Kier molecular flexibility index (Phi) is 3.26. The Hall–Kier alpha value is -2.54. The average Bonchev–Trinajstić information content (AvgIpc) is 2.75. The monoisotopic (exact) mass is 301 g/mol. The Morgan fingerprint density at radius 1 is 1.33 bits per heavy atom. The van der Waals surface area contributed by atoms with E-state index in [0.717, 1.165) is 20.7 Å². The van der Waals surface area contributed by atoms with Gasteiger partial charge in [-0.2, -0.15) is 0 Å². The van der Waals surface area contributed by atoms with Crippen LogP contribution >= 0.6 is 11.3 Å². The van der Waals surface area contributed by atoms with Gasteiger partial charge in [-0.3, -0.25) is 4.98 Å². The van der Waals surface area contributed by atoms with Crippen LogP contribution in [-0.4, -0.2) is 26.0 Å². The number of rotatable bonds is 3. The molecule has 3 rings (SSSR count). The van der Waals surface area contributed by atoms with E-state index < -0.39 is 5.97 Å². The maximum absolute atomic E-state index is 11.2. The minimum absolute atomic E-state index is 0.0429. The molecule has 3 aromatic rings. The number of hydrogen-bond acceptors (Lipinski definition) is 6. The lowest BCUT2D eigenvalue weighted by Crippen LogP contribution is -2.01. The Morgan fingerprint density at radius 2 is 2.14 bits per heavy atom. The molecular weight excluding hydrogens is 290 g/mol. The van der Waals surface area contributed by atoms with Crippen LogP contribution in [0.3, 0.4) is 0 Å². The van der Waals surface area contributed by atoms with Crippen LogP contribution in [0, 0.1) is 13.8 Å². The number of aryl methyl sites for hydroxylation is 2. The quantitative estimate of drug-likeness (QED) is 0.799. The lowest BCUT2D eigenvalue weighted by atomic mass is 10.2. The first-order valence-corrected chi connectivity index (χ1v) is 6.95. The van der Waals surface area contributed by atoms with Gasteiger partial charge in [-0.25, -0.2) is 14.8 Å². The summed E-state index contributed by atoms with van der Waals surface area (Å²) in [5.74, 6) is -0.568. The molecule has 0 unspecified atom stereocenters. The molecule has 0 aromatic carbocycles. The molecule has 21 heavy (non-hydrogen) atoms. The van der Waals surface area contributed by atoms with Gasteiger partial charge < -0.3 is 9.84 Å². The molecule has 0 saturated carbocycles. The molecule has 106 valence electrons. The lowest BCUT2D eigenvalue weighted by molar-refractivity contribution is 0.0694. The lowest BCUT2D eigenvalue weighted by Gasteiger charge is -2.08. The van der Waals surface area contributed by atoms with Crippen molar-refractivity contribution in [2.45, 2.75) is 13.8 Å². The van der Waals surface area contributed by atoms with Crippen molar-refractivity contribution in [1.29, 1.82) is 0 Å². The second-order valence-corrected chi connectivity index (χ2v) is 5.62. The molecule has 0 aliphatic carbocycles. The van der Waals surface area contributed by atoms with Crippen molar-refractivity contribution in [3.8, 4) is 11.6 Å². The van der Waals surface area contributed by atoms with Gasteiger partial charge in [-0.05, 0) is 25.5 Å². The predicted octanol–water partition coefficient (Wildman–Crippen LogP) is 3.19. The Balaban J connectivity index is 2.13. The molecule has 0 aliphatic rings. The zero-order valence-corrected chi connectivity index (χ0v) is 12.1. The maximum Gasteiger partial charge on any atom is 0.339 e. The molecule has 0 bridgehead atoms. The second-order valence-electron chi connectivity index (χ2n) is 4.42. The highest BCUT2D eigenvalue weighted by atomic mass is 32.1. The summed E-state index contributed by atoms with van der Waals surface area (Å²) in [6, 6.07) is 1.39. The predicted molar refractivity (Wildman–Crippen MR) is 78.2 cm³/mol. The van der Waals surface area contributed by atoms with Crippen molar-refractivity contribution < 1.29 is 14.6 Å². The zero-order chi connectivity index (χ0) is 15.0. The highest BCUT2D eigenvalue weighted by Crippen LogP contribution is 2.36. The molecular formula is C14H11N3O3S. The van der Waals surface area contributed by atoms with E-state index in [0.29, 0.717) is 5.88 Å². The summed E-state index contributed by atoms with van der Waals surface area (Å²) in [4.78, 5) is 25.4. The fraction of sp³-hybridized carbons (Fsp3) is 0.143. The molecule has 0 atom stereocenters. The Labute approximate surface area is 124 Å². The van der Waals surface area contributed by atoms with Gasteiger partial charge in [0.05, 0.1) is 11.6 Å². The molecule has 0 aliphatic heterocycles. The summed E-state index contributed by atoms with van der Waals surface area (Å²) in [5, 5.41) is 9.98. The fourth-order valence-electron chi connectivity index (χ4n) is 1.97. The molecule has 7 heteroatoms. The molecule has 6 nitrogen and oxygen atoms in total. The first kappa shape index (κ1) is 13.4. The van der Waals surface area contributed by atoms with Gasteiger partial charge >= 0.3 is 5.97 Å². The summed E-state index contributed by atoms with van der Waals surface area (Å²) < 4.78 is 5.69. The number of carboxylic acids is 1. The zero-order valence-electron chi connectivity index (χ0n) is 11.3. The minimum Gasteiger partial charge on any atom is -0.478 e. The van der Waals surface area contributed by atoms with E-state index in [1.165, 1.54) is 24.8 Å². The number of aromatic nitrogens is 3. The molecule has 0 spiro atoms. The topological polar surface area (TPSA) is 85.2 Å². The van der Waals surface area contributed by atoms with E-state index in [9.17, 15) is 9.90 Å². The number of carboxylic acid groups (broad SMARTS) is 1. The van der Waals surface area contributed by atoms with Crippen LogP contribution in [0.15, 0.2) is 24.8 Å². The van der Waals surface area contributed by atoms with E-state index in [2.05, 4.69) is 15.0 Å². The summed E-state index contributed by atoms with van der Waals surface area (Å²) in [5.41, 5.74) is 1.08. The Bertz CT molecular complexity index is 845. The molecule has 3 aromatic heterocycles. The highest BCUT2D eigenvalue weighted by molar-refractivity contribution is 7.18. The molecule has 0 radical (unpaired) electrons. The van der Waals surface area contributed by atoms with Gasteiger partial charge in [0.25, 0.3) is 0 Å². The largest absolute Gasteiger partial charge is 0.478 e. The van der Waals surface area contributed by atoms with Gasteiger partial charge in [0.2, 0.25) is 5.88 Å². The molecule has 0 amide bonds. The number of ether oxygens (including phenoxy) is 1. The van der Waals surface area contributed by atoms with Crippen LogP contribution in [0.1, 0.15) is 20.8 Å². The van der Waals surface area contributed by atoms with Gasteiger partial charge in [0.1, 0.15) is 16.7 Å². The number of thiophene rings is 1. The van der Waals surface area contributed by atoms with Crippen LogP contribution in [0.25, 0.3) is 10.2 Å². The van der Waals surface area contributed by atoms with Crippen LogP contribution in [-0.2, 0) is 0 Å². The molecule has 3 heterocycles. The number of fused-ring (bicyclic) bond motifs is 1. The number of carbonyl (C=O) groups is 1. The third-order valence-electron chi connectivity index (χ3n) is 3.15. The number of aromatic carboxylic acids is 1. The summed E-state index contributed by atoms with van der Waals surface area (Å²) >= 11 is 1.55.